The highest BCUT2D eigenvalue weighted by Crippen LogP contribution is 2.37. The molecule has 0 amide bonds. The quantitative estimate of drug-likeness (QED) is 0.667. The van der Waals surface area contributed by atoms with Crippen LogP contribution in [-0.4, -0.2) is 45.3 Å². The second-order valence-electron chi connectivity index (χ2n) is 5.36. The highest BCUT2D eigenvalue weighted by Gasteiger charge is 2.44. The summed E-state index contributed by atoms with van der Waals surface area (Å²) in [6.45, 7) is 5.40. The zero-order chi connectivity index (χ0) is 10.9. The van der Waals surface area contributed by atoms with E-state index in [1.165, 1.54) is 0 Å². The summed E-state index contributed by atoms with van der Waals surface area (Å²) >= 11 is 0. The van der Waals surface area contributed by atoms with Gasteiger partial charge in [-0.2, -0.15) is 0 Å². The Bertz CT molecular complexity index is 207. The molecule has 3 fully saturated rings. The number of hydrogen-bond donors (Lipinski definition) is 1. The topological polar surface area (TPSA) is 39.7 Å². The third-order valence-corrected chi connectivity index (χ3v) is 4.29. The monoisotopic (exact) mass is 227 g/mol. The van der Waals surface area contributed by atoms with Gasteiger partial charge in [0.2, 0.25) is 0 Å². The molecule has 0 aromatic carbocycles. The largest absolute Gasteiger partial charge is 0.381 e. The Labute approximate surface area is 96.6 Å². The van der Waals surface area contributed by atoms with E-state index < -0.39 is 0 Å². The minimum absolute atomic E-state index is 0.0815. The van der Waals surface area contributed by atoms with Gasteiger partial charge in [0.25, 0.3) is 0 Å². The molecule has 0 aliphatic carbocycles. The first kappa shape index (κ1) is 11.0. The van der Waals surface area contributed by atoms with E-state index in [2.05, 4.69) is 5.32 Å². The molecule has 0 radical (unpaired) electrons. The van der Waals surface area contributed by atoms with E-state index >= 15 is 0 Å². The first-order chi connectivity index (χ1) is 7.83. The number of rotatable bonds is 0. The van der Waals surface area contributed by atoms with Crippen LogP contribution in [0.25, 0.3) is 0 Å². The van der Waals surface area contributed by atoms with Gasteiger partial charge in [-0.1, -0.05) is 0 Å². The molecule has 16 heavy (non-hydrogen) atoms. The summed E-state index contributed by atoms with van der Waals surface area (Å²) < 4.78 is 17.0. The molecule has 3 aliphatic rings. The van der Waals surface area contributed by atoms with Gasteiger partial charge < -0.3 is 14.2 Å². The minimum atomic E-state index is -0.0815. The fraction of sp³-hybridized carbons (Fsp3) is 1.00. The van der Waals surface area contributed by atoms with Crippen molar-refractivity contribution >= 4 is 0 Å². The summed E-state index contributed by atoms with van der Waals surface area (Å²) in [6.07, 6.45) is 4.23. The summed E-state index contributed by atoms with van der Waals surface area (Å²) in [7, 11) is 0. The van der Waals surface area contributed by atoms with Gasteiger partial charge in [-0.15, -0.1) is 0 Å². The van der Waals surface area contributed by atoms with Gasteiger partial charge in [0.1, 0.15) is 5.72 Å². The summed E-state index contributed by atoms with van der Waals surface area (Å²) in [6, 6.07) is 0. The van der Waals surface area contributed by atoms with Crippen molar-refractivity contribution in [3.63, 3.8) is 0 Å². The number of ether oxygens (including phenoxy) is 3. The van der Waals surface area contributed by atoms with Gasteiger partial charge in [-0.3, -0.25) is 5.32 Å². The second kappa shape index (κ2) is 4.26. The van der Waals surface area contributed by atoms with Crippen LogP contribution in [0.15, 0.2) is 0 Å². The van der Waals surface area contributed by atoms with E-state index in [0.29, 0.717) is 5.41 Å². The van der Waals surface area contributed by atoms with Gasteiger partial charge >= 0.3 is 0 Å². The third-order valence-electron chi connectivity index (χ3n) is 4.29. The van der Waals surface area contributed by atoms with Crippen molar-refractivity contribution in [2.75, 3.05) is 39.6 Å². The molecular weight excluding hydrogens is 206 g/mol. The molecule has 3 aliphatic heterocycles. The van der Waals surface area contributed by atoms with Crippen molar-refractivity contribution in [3.05, 3.63) is 0 Å². The maximum absolute atomic E-state index is 6.15. The maximum Gasteiger partial charge on any atom is 0.123 e. The number of hydrogen-bond acceptors (Lipinski definition) is 4. The summed E-state index contributed by atoms with van der Waals surface area (Å²) in [4.78, 5) is 0. The Hall–Kier alpha value is -0.160. The van der Waals surface area contributed by atoms with Crippen LogP contribution >= 0.6 is 0 Å². The van der Waals surface area contributed by atoms with E-state index in [9.17, 15) is 0 Å². The second-order valence-corrected chi connectivity index (χ2v) is 5.36. The summed E-state index contributed by atoms with van der Waals surface area (Å²) in [5, 5.41) is 3.64. The van der Waals surface area contributed by atoms with E-state index in [1.54, 1.807) is 0 Å². The molecule has 0 unspecified atom stereocenters. The maximum atomic E-state index is 6.15. The normalized spacial score (nSPS) is 33.0. The van der Waals surface area contributed by atoms with Gasteiger partial charge in [0.05, 0.1) is 19.8 Å². The molecule has 0 aromatic rings. The molecule has 4 heteroatoms. The standard InChI is InChI=1S/C12H21NO3/c1-5-14-6-2-11(1)9-13-12(16-10-11)3-7-15-8-4-12/h13H,1-10H2. The van der Waals surface area contributed by atoms with Crippen LogP contribution < -0.4 is 5.32 Å². The lowest BCUT2D eigenvalue weighted by atomic mass is 9.79. The fourth-order valence-electron chi connectivity index (χ4n) is 2.89. The molecule has 3 rings (SSSR count). The van der Waals surface area contributed by atoms with E-state index in [0.717, 1.165) is 65.3 Å². The molecule has 2 spiro atoms. The highest BCUT2D eigenvalue weighted by molar-refractivity contribution is 4.93. The molecule has 0 bridgehead atoms. The van der Waals surface area contributed by atoms with Crippen LogP contribution in [0.1, 0.15) is 25.7 Å². The van der Waals surface area contributed by atoms with Crippen LogP contribution in [0.2, 0.25) is 0 Å². The van der Waals surface area contributed by atoms with Crippen LogP contribution in [0, 0.1) is 5.41 Å². The molecular formula is C12H21NO3. The van der Waals surface area contributed by atoms with E-state index in [-0.39, 0.29) is 5.72 Å². The summed E-state index contributed by atoms with van der Waals surface area (Å²) in [5.41, 5.74) is 0.254. The SMILES string of the molecule is C1CC2(CCO1)CNC1(CCOCC1)OC2. The molecule has 92 valence electrons. The van der Waals surface area contributed by atoms with Gasteiger partial charge in [-0.25, -0.2) is 0 Å². The first-order valence-electron chi connectivity index (χ1n) is 6.37. The molecule has 0 saturated carbocycles. The third kappa shape index (κ3) is 1.99. The zero-order valence-corrected chi connectivity index (χ0v) is 9.80. The molecule has 3 heterocycles. The van der Waals surface area contributed by atoms with Gasteiger partial charge in [-0.05, 0) is 12.8 Å². The minimum Gasteiger partial charge on any atom is -0.381 e. The molecule has 3 saturated heterocycles. The Kier molecular flexibility index (Phi) is 2.92. The Balaban J connectivity index is 1.61. The van der Waals surface area contributed by atoms with Crippen LogP contribution in [0.3, 0.4) is 0 Å². The lowest BCUT2D eigenvalue weighted by Gasteiger charge is -2.50. The zero-order valence-electron chi connectivity index (χ0n) is 9.80. The van der Waals surface area contributed by atoms with E-state index in [4.69, 9.17) is 14.2 Å². The van der Waals surface area contributed by atoms with Crippen molar-refractivity contribution in [2.24, 2.45) is 5.41 Å². The Morgan fingerprint density at radius 1 is 0.812 bits per heavy atom. The molecule has 4 nitrogen and oxygen atoms in total. The van der Waals surface area contributed by atoms with E-state index in [1.807, 2.05) is 0 Å². The number of nitrogens with one attached hydrogen (secondary N) is 1. The van der Waals surface area contributed by atoms with Crippen LogP contribution in [-0.2, 0) is 14.2 Å². The van der Waals surface area contributed by atoms with Crippen molar-refractivity contribution in [1.82, 2.24) is 5.32 Å². The van der Waals surface area contributed by atoms with Crippen molar-refractivity contribution in [1.29, 1.82) is 0 Å². The van der Waals surface area contributed by atoms with Crippen LogP contribution in [0.5, 0.6) is 0 Å². The Morgan fingerprint density at radius 2 is 1.44 bits per heavy atom. The Morgan fingerprint density at radius 3 is 2.00 bits per heavy atom. The van der Waals surface area contributed by atoms with Gasteiger partial charge in [0.15, 0.2) is 0 Å². The fourth-order valence-corrected chi connectivity index (χ4v) is 2.89. The van der Waals surface area contributed by atoms with Gasteiger partial charge in [0, 0.05) is 38.0 Å². The highest BCUT2D eigenvalue weighted by atomic mass is 16.5. The molecule has 0 aromatic heterocycles. The first-order valence-corrected chi connectivity index (χ1v) is 6.37. The lowest BCUT2D eigenvalue weighted by molar-refractivity contribution is -0.195. The average molecular weight is 227 g/mol. The van der Waals surface area contributed by atoms with Crippen molar-refractivity contribution < 1.29 is 14.2 Å². The molecule has 0 atom stereocenters. The average Bonchev–Trinajstić information content (AvgIpc) is 2.36. The predicted molar refractivity (Wildman–Crippen MR) is 59.2 cm³/mol. The smallest absolute Gasteiger partial charge is 0.123 e. The predicted octanol–water partition coefficient (Wildman–Crippen LogP) is 0.910. The van der Waals surface area contributed by atoms with Crippen molar-refractivity contribution in [2.45, 2.75) is 31.4 Å². The lowest BCUT2D eigenvalue weighted by Crippen LogP contribution is -2.61. The van der Waals surface area contributed by atoms with Crippen molar-refractivity contribution in [3.8, 4) is 0 Å². The summed E-state index contributed by atoms with van der Waals surface area (Å²) in [5.74, 6) is 0. The molecule has 1 N–H and O–H groups in total. The van der Waals surface area contributed by atoms with Crippen LogP contribution in [0.4, 0.5) is 0 Å².